The zero-order valence-corrected chi connectivity index (χ0v) is 12.8. The summed E-state index contributed by atoms with van der Waals surface area (Å²) in [5.74, 6) is -0.136. The van der Waals surface area contributed by atoms with Gasteiger partial charge in [0.15, 0.2) is 5.13 Å². The first kappa shape index (κ1) is 15.9. The number of amides is 1. The molecule has 0 saturated carbocycles. The molecule has 1 unspecified atom stereocenters. The van der Waals surface area contributed by atoms with Crippen molar-refractivity contribution in [2.45, 2.75) is 39.7 Å². The van der Waals surface area contributed by atoms with Crippen LogP contribution in [0.3, 0.4) is 0 Å². The number of nitrogen functional groups attached to an aromatic ring is 1. The average Bonchev–Trinajstić information content (AvgIpc) is 2.81. The highest BCUT2D eigenvalue weighted by Gasteiger charge is 2.12. The predicted molar refractivity (Wildman–Crippen MR) is 80.5 cm³/mol. The zero-order valence-electron chi connectivity index (χ0n) is 12.0. The number of anilines is 1. The van der Waals surface area contributed by atoms with Crippen LogP contribution in [-0.2, 0) is 0 Å². The highest BCUT2D eigenvalue weighted by Crippen LogP contribution is 2.11. The molecule has 0 aliphatic carbocycles. The van der Waals surface area contributed by atoms with Gasteiger partial charge < -0.3 is 16.0 Å². The summed E-state index contributed by atoms with van der Waals surface area (Å²) in [5.41, 5.74) is 5.93. The fourth-order valence-electron chi connectivity index (χ4n) is 1.92. The number of hydrogen-bond acceptors (Lipinski definition) is 5. The van der Waals surface area contributed by atoms with Gasteiger partial charge in [-0.2, -0.15) is 0 Å². The first-order valence-electron chi connectivity index (χ1n) is 6.81. The van der Waals surface area contributed by atoms with Gasteiger partial charge in [0.2, 0.25) is 0 Å². The van der Waals surface area contributed by atoms with E-state index in [0.29, 0.717) is 10.8 Å². The SMILES string of the molecule is CCN(CC)CCCC(C)NC(=O)c1csc(N)n1. The standard InChI is InChI=1S/C13H24N4OS/c1-4-17(5-2)8-6-7-10(3)15-12(18)11-9-19-13(14)16-11/h9-10H,4-8H2,1-3H3,(H2,14,16)(H,15,18). The molecule has 0 radical (unpaired) electrons. The number of aromatic nitrogens is 1. The lowest BCUT2D eigenvalue weighted by Gasteiger charge is -2.19. The predicted octanol–water partition coefficient (Wildman–Crippen LogP) is 1.97. The second-order valence-corrected chi connectivity index (χ2v) is 5.50. The Morgan fingerprint density at radius 3 is 2.74 bits per heavy atom. The minimum Gasteiger partial charge on any atom is -0.375 e. The van der Waals surface area contributed by atoms with Crippen molar-refractivity contribution in [3.63, 3.8) is 0 Å². The summed E-state index contributed by atoms with van der Waals surface area (Å²) in [6.07, 6.45) is 2.06. The van der Waals surface area contributed by atoms with Crippen molar-refractivity contribution in [2.75, 3.05) is 25.4 Å². The molecule has 6 heteroatoms. The highest BCUT2D eigenvalue weighted by atomic mass is 32.1. The van der Waals surface area contributed by atoms with Crippen molar-refractivity contribution < 1.29 is 4.79 Å². The van der Waals surface area contributed by atoms with Crippen LogP contribution in [0.15, 0.2) is 5.38 Å². The number of carbonyl (C=O) groups is 1. The molecule has 0 saturated heterocycles. The van der Waals surface area contributed by atoms with Gasteiger partial charge in [0.05, 0.1) is 0 Å². The summed E-state index contributed by atoms with van der Waals surface area (Å²) in [6, 6.07) is 0.158. The molecule has 1 aromatic heterocycles. The molecule has 5 nitrogen and oxygen atoms in total. The Bertz CT molecular complexity index is 390. The smallest absolute Gasteiger partial charge is 0.271 e. The number of thiazole rings is 1. The molecule has 108 valence electrons. The third-order valence-electron chi connectivity index (χ3n) is 3.14. The van der Waals surface area contributed by atoms with Crippen LogP contribution in [0.4, 0.5) is 5.13 Å². The topological polar surface area (TPSA) is 71.2 Å². The minimum absolute atomic E-state index is 0.136. The Morgan fingerprint density at radius 2 is 2.21 bits per heavy atom. The molecule has 0 bridgehead atoms. The molecule has 19 heavy (non-hydrogen) atoms. The first-order chi connectivity index (χ1) is 9.06. The quantitative estimate of drug-likeness (QED) is 0.765. The summed E-state index contributed by atoms with van der Waals surface area (Å²) in [4.78, 5) is 18.2. The molecule has 1 atom stereocenters. The van der Waals surface area contributed by atoms with Crippen molar-refractivity contribution in [1.82, 2.24) is 15.2 Å². The molecule has 0 fully saturated rings. The van der Waals surface area contributed by atoms with E-state index >= 15 is 0 Å². The maximum atomic E-state index is 11.8. The van der Waals surface area contributed by atoms with Crippen LogP contribution in [-0.4, -0.2) is 41.5 Å². The Balaban J connectivity index is 2.27. The first-order valence-corrected chi connectivity index (χ1v) is 7.69. The number of hydrogen-bond donors (Lipinski definition) is 2. The summed E-state index contributed by atoms with van der Waals surface area (Å²) < 4.78 is 0. The summed E-state index contributed by atoms with van der Waals surface area (Å²) >= 11 is 1.29. The lowest BCUT2D eigenvalue weighted by atomic mass is 10.1. The van der Waals surface area contributed by atoms with Gasteiger partial charge in [-0.1, -0.05) is 13.8 Å². The van der Waals surface area contributed by atoms with Crippen molar-refractivity contribution in [2.24, 2.45) is 0 Å². The molecule has 0 aromatic carbocycles. The Hall–Kier alpha value is -1.14. The van der Waals surface area contributed by atoms with E-state index in [-0.39, 0.29) is 11.9 Å². The molecular formula is C13H24N4OS. The fourth-order valence-corrected chi connectivity index (χ4v) is 2.47. The lowest BCUT2D eigenvalue weighted by molar-refractivity contribution is 0.0933. The van der Waals surface area contributed by atoms with E-state index in [1.165, 1.54) is 11.3 Å². The lowest BCUT2D eigenvalue weighted by Crippen LogP contribution is -2.33. The monoisotopic (exact) mass is 284 g/mol. The van der Waals surface area contributed by atoms with Gasteiger partial charge in [0.25, 0.3) is 5.91 Å². The van der Waals surface area contributed by atoms with Crippen LogP contribution in [0, 0.1) is 0 Å². The van der Waals surface area contributed by atoms with Crippen LogP contribution in [0.2, 0.25) is 0 Å². The van der Waals surface area contributed by atoms with Crippen LogP contribution >= 0.6 is 11.3 Å². The number of nitrogens with two attached hydrogens (primary N) is 1. The van der Waals surface area contributed by atoms with E-state index in [2.05, 4.69) is 29.0 Å². The van der Waals surface area contributed by atoms with Crippen molar-refractivity contribution in [1.29, 1.82) is 0 Å². The molecule has 0 spiro atoms. The van der Waals surface area contributed by atoms with Gasteiger partial charge >= 0.3 is 0 Å². The van der Waals surface area contributed by atoms with E-state index in [9.17, 15) is 4.79 Å². The van der Waals surface area contributed by atoms with Gasteiger partial charge in [-0.3, -0.25) is 4.79 Å². The van der Waals surface area contributed by atoms with Crippen LogP contribution in [0.5, 0.6) is 0 Å². The third kappa shape index (κ3) is 5.57. The molecule has 1 amide bonds. The normalized spacial score (nSPS) is 12.6. The van der Waals surface area contributed by atoms with Crippen molar-refractivity contribution in [3.8, 4) is 0 Å². The molecule has 1 aromatic rings. The van der Waals surface area contributed by atoms with Crippen LogP contribution in [0.1, 0.15) is 44.1 Å². The van der Waals surface area contributed by atoms with Crippen LogP contribution < -0.4 is 11.1 Å². The Morgan fingerprint density at radius 1 is 1.53 bits per heavy atom. The third-order valence-corrected chi connectivity index (χ3v) is 3.81. The molecule has 1 rings (SSSR count). The average molecular weight is 284 g/mol. The number of nitrogens with one attached hydrogen (secondary N) is 1. The van der Waals surface area contributed by atoms with E-state index < -0.39 is 0 Å². The molecule has 0 aliphatic rings. The number of nitrogens with zero attached hydrogens (tertiary/aromatic N) is 2. The van der Waals surface area contributed by atoms with E-state index in [0.717, 1.165) is 32.5 Å². The summed E-state index contributed by atoms with van der Waals surface area (Å²) in [7, 11) is 0. The van der Waals surface area contributed by atoms with E-state index in [1.807, 2.05) is 6.92 Å². The minimum atomic E-state index is -0.136. The molecule has 3 N–H and O–H groups in total. The van der Waals surface area contributed by atoms with E-state index in [1.54, 1.807) is 5.38 Å². The Labute approximate surface area is 119 Å². The van der Waals surface area contributed by atoms with Crippen molar-refractivity contribution in [3.05, 3.63) is 11.1 Å². The molecular weight excluding hydrogens is 260 g/mol. The van der Waals surface area contributed by atoms with Gasteiger partial charge in [-0.15, -0.1) is 11.3 Å². The Kier molecular flexibility index (Phi) is 6.80. The number of carbonyl (C=O) groups excluding carboxylic acids is 1. The van der Waals surface area contributed by atoms with Crippen molar-refractivity contribution >= 4 is 22.4 Å². The fraction of sp³-hybridized carbons (Fsp3) is 0.692. The highest BCUT2D eigenvalue weighted by molar-refractivity contribution is 7.13. The largest absolute Gasteiger partial charge is 0.375 e. The zero-order chi connectivity index (χ0) is 14.3. The number of rotatable bonds is 8. The van der Waals surface area contributed by atoms with Gasteiger partial charge in [-0.25, -0.2) is 4.98 Å². The summed E-state index contributed by atoms with van der Waals surface area (Å²) in [5, 5.41) is 5.07. The summed E-state index contributed by atoms with van der Waals surface area (Å²) in [6.45, 7) is 9.60. The molecule has 0 aliphatic heterocycles. The van der Waals surface area contributed by atoms with Crippen LogP contribution in [0.25, 0.3) is 0 Å². The maximum absolute atomic E-state index is 11.8. The maximum Gasteiger partial charge on any atom is 0.271 e. The second kappa shape index (κ2) is 8.12. The second-order valence-electron chi connectivity index (χ2n) is 4.61. The van der Waals surface area contributed by atoms with Gasteiger partial charge in [0, 0.05) is 11.4 Å². The van der Waals surface area contributed by atoms with Gasteiger partial charge in [0.1, 0.15) is 5.69 Å². The molecule has 1 heterocycles. The van der Waals surface area contributed by atoms with Gasteiger partial charge in [-0.05, 0) is 39.4 Å². The van der Waals surface area contributed by atoms with E-state index in [4.69, 9.17) is 5.73 Å².